The maximum atomic E-state index is 12.6. The quantitative estimate of drug-likeness (QED) is 0.665. The van der Waals surface area contributed by atoms with Crippen molar-refractivity contribution >= 4 is 46.2 Å². The van der Waals surface area contributed by atoms with Gasteiger partial charge in [0.2, 0.25) is 0 Å². The molecule has 1 fully saturated rings. The summed E-state index contributed by atoms with van der Waals surface area (Å²) >= 11 is 11.8. The lowest BCUT2D eigenvalue weighted by molar-refractivity contribution is 0.0974. The van der Waals surface area contributed by atoms with Crippen LogP contribution >= 0.6 is 23.8 Å². The average molecular weight is 432 g/mol. The van der Waals surface area contributed by atoms with Crippen LogP contribution in [0, 0.1) is 12.8 Å². The van der Waals surface area contributed by atoms with Crippen LogP contribution in [0.15, 0.2) is 36.4 Å². The first-order valence-electron chi connectivity index (χ1n) is 9.69. The van der Waals surface area contributed by atoms with Crippen molar-refractivity contribution in [3.05, 3.63) is 52.5 Å². The van der Waals surface area contributed by atoms with Crippen LogP contribution in [0.25, 0.3) is 0 Å². The van der Waals surface area contributed by atoms with Gasteiger partial charge in [0.1, 0.15) is 5.75 Å². The van der Waals surface area contributed by atoms with E-state index in [-0.39, 0.29) is 11.0 Å². The van der Waals surface area contributed by atoms with Crippen LogP contribution in [0.5, 0.6) is 5.75 Å². The molecule has 1 amide bonds. The molecule has 154 valence electrons. The standard InChI is InChI=1S/C22H26ClN3O2S/c1-14-9-11-26(12-10-14)19-8-7-16(13-18(19)23)24-22(29)25-21(27)17-6-4-5-15(2)20(17)28-3/h4-8,13-14H,9-12H2,1-3H3,(H2,24,25,27,29). The van der Waals surface area contributed by atoms with Crippen LogP contribution in [-0.4, -0.2) is 31.2 Å². The van der Waals surface area contributed by atoms with Gasteiger partial charge in [-0.05, 0) is 67.7 Å². The number of amides is 1. The Kier molecular flexibility index (Phi) is 6.98. The van der Waals surface area contributed by atoms with E-state index in [1.165, 1.54) is 12.8 Å². The summed E-state index contributed by atoms with van der Waals surface area (Å²) < 4.78 is 5.34. The second kappa shape index (κ2) is 9.46. The van der Waals surface area contributed by atoms with Gasteiger partial charge in [0.25, 0.3) is 5.91 Å². The minimum absolute atomic E-state index is 0.203. The number of methoxy groups -OCH3 is 1. The fourth-order valence-corrected chi connectivity index (χ4v) is 4.04. The third kappa shape index (κ3) is 5.19. The van der Waals surface area contributed by atoms with Crippen LogP contribution in [0.3, 0.4) is 0 Å². The third-order valence-corrected chi connectivity index (χ3v) is 5.72. The van der Waals surface area contributed by atoms with Gasteiger partial charge in [-0.3, -0.25) is 10.1 Å². The summed E-state index contributed by atoms with van der Waals surface area (Å²) in [6, 6.07) is 11.1. The van der Waals surface area contributed by atoms with Crippen molar-refractivity contribution in [3.63, 3.8) is 0 Å². The van der Waals surface area contributed by atoms with Gasteiger partial charge in [-0.15, -0.1) is 0 Å². The van der Waals surface area contributed by atoms with Crippen LogP contribution in [0.1, 0.15) is 35.7 Å². The van der Waals surface area contributed by atoms with Gasteiger partial charge < -0.3 is 15.0 Å². The first-order chi connectivity index (χ1) is 13.9. The molecule has 7 heteroatoms. The van der Waals surface area contributed by atoms with Crippen molar-refractivity contribution in [2.75, 3.05) is 30.4 Å². The highest BCUT2D eigenvalue weighted by atomic mass is 35.5. The van der Waals surface area contributed by atoms with E-state index >= 15 is 0 Å². The molecule has 3 rings (SSSR count). The van der Waals surface area contributed by atoms with E-state index in [9.17, 15) is 4.79 Å². The molecule has 1 heterocycles. The number of rotatable bonds is 4. The van der Waals surface area contributed by atoms with Gasteiger partial charge in [-0.1, -0.05) is 30.7 Å². The number of carbonyl (C=O) groups excluding carboxylic acids is 1. The minimum Gasteiger partial charge on any atom is -0.496 e. The van der Waals surface area contributed by atoms with Gasteiger partial charge in [-0.2, -0.15) is 0 Å². The van der Waals surface area contributed by atoms with Crippen molar-refractivity contribution in [2.45, 2.75) is 26.7 Å². The van der Waals surface area contributed by atoms with Gasteiger partial charge in [0.05, 0.1) is 23.4 Å². The van der Waals surface area contributed by atoms with Crippen molar-refractivity contribution in [2.24, 2.45) is 5.92 Å². The van der Waals surface area contributed by atoms with Gasteiger partial charge in [0.15, 0.2) is 5.11 Å². The molecule has 0 bridgehead atoms. The highest BCUT2D eigenvalue weighted by molar-refractivity contribution is 7.80. The van der Waals surface area contributed by atoms with Crippen LogP contribution in [0.2, 0.25) is 5.02 Å². The molecule has 0 unspecified atom stereocenters. The summed E-state index contributed by atoms with van der Waals surface area (Å²) in [6.45, 7) is 6.20. The summed E-state index contributed by atoms with van der Waals surface area (Å²) in [5.41, 5.74) is 3.08. The second-order valence-electron chi connectivity index (χ2n) is 7.40. The van der Waals surface area contributed by atoms with Gasteiger partial charge in [-0.25, -0.2) is 0 Å². The van der Waals surface area contributed by atoms with Crippen molar-refractivity contribution in [1.82, 2.24) is 5.32 Å². The van der Waals surface area contributed by atoms with Crippen molar-refractivity contribution < 1.29 is 9.53 Å². The van der Waals surface area contributed by atoms with E-state index in [0.717, 1.165) is 35.9 Å². The Bertz CT molecular complexity index is 911. The van der Waals surface area contributed by atoms with E-state index in [0.29, 0.717) is 16.3 Å². The first-order valence-corrected chi connectivity index (χ1v) is 10.5. The fraction of sp³-hybridized carbons (Fsp3) is 0.364. The summed E-state index contributed by atoms with van der Waals surface area (Å²) in [5, 5.41) is 6.59. The molecule has 1 aliphatic rings. The number of nitrogens with one attached hydrogen (secondary N) is 2. The molecule has 5 nitrogen and oxygen atoms in total. The zero-order valence-electron chi connectivity index (χ0n) is 16.9. The van der Waals surface area contributed by atoms with E-state index < -0.39 is 0 Å². The lowest BCUT2D eigenvalue weighted by Crippen LogP contribution is -2.34. The summed E-state index contributed by atoms with van der Waals surface area (Å²) in [5.74, 6) is 0.975. The average Bonchev–Trinajstić information content (AvgIpc) is 2.68. The largest absolute Gasteiger partial charge is 0.496 e. The minimum atomic E-state index is -0.326. The number of anilines is 2. The van der Waals surface area contributed by atoms with E-state index in [2.05, 4.69) is 22.5 Å². The predicted octanol–water partition coefficient (Wildman–Crippen LogP) is 5.02. The molecule has 0 spiro atoms. The molecular formula is C22H26ClN3O2S. The maximum absolute atomic E-state index is 12.6. The normalized spacial score (nSPS) is 14.4. The number of hydrogen-bond acceptors (Lipinski definition) is 4. The molecule has 0 aromatic heterocycles. The second-order valence-corrected chi connectivity index (χ2v) is 8.22. The number of ether oxygens (including phenoxy) is 1. The monoisotopic (exact) mass is 431 g/mol. The molecule has 29 heavy (non-hydrogen) atoms. The molecule has 2 N–H and O–H groups in total. The number of halogens is 1. The topological polar surface area (TPSA) is 53.6 Å². The van der Waals surface area contributed by atoms with E-state index in [1.807, 2.05) is 37.3 Å². The molecule has 1 saturated heterocycles. The Labute approximate surface area is 182 Å². The zero-order valence-corrected chi connectivity index (χ0v) is 18.5. The fourth-order valence-electron chi connectivity index (χ4n) is 3.53. The van der Waals surface area contributed by atoms with Crippen molar-refractivity contribution in [1.29, 1.82) is 0 Å². The molecule has 2 aromatic rings. The Morgan fingerprint density at radius 1 is 1.24 bits per heavy atom. The Morgan fingerprint density at radius 2 is 1.97 bits per heavy atom. The maximum Gasteiger partial charge on any atom is 0.261 e. The van der Waals surface area contributed by atoms with Crippen LogP contribution in [0.4, 0.5) is 11.4 Å². The Morgan fingerprint density at radius 3 is 2.62 bits per heavy atom. The number of nitrogens with zero attached hydrogens (tertiary/aromatic N) is 1. The number of carbonyl (C=O) groups is 1. The SMILES string of the molecule is COc1c(C)cccc1C(=O)NC(=S)Nc1ccc(N2CCC(C)CC2)c(Cl)c1. The summed E-state index contributed by atoms with van der Waals surface area (Å²) in [6.07, 6.45) is 2.35. The predicted molar refractivity (Wildman–Crippen MR) is 123 cm³/mol. The Hall–Kier alpha value is -2.31. The van der Waals surface area contributed by atoms with E-state index in [1.54, 1.807) is 13.2 Å². The zero-order chi connectivity index (χ0) is 21.0. The van der Waals surface area contributed by atoms with E-state index in [4.69, 9.17) is 28.6 Å². The van der Waals surface area contributed by atoms with Gasteiger partial charge >= 0.3 is 0 Å². The third-order valence-electron chi connectivity index (χ3n) is 5.22. The number of para-hydroxylation sites is 1. The molecule has 0 atom stereocenters. The van der Waals surface area contributed by atoms with Crippen molar-refractivity contribution in [3.8, 4) is 5.75 Å². The highest BCUT2D eigenvalue weighted by Crippen LogP contribution is 2.32. The molecule has 0 radical (unpaired) electrons. The highest BCUT2D eigenvalue weighted by Gasteiger charge is 2.19. The molecule has 1 aliphatic heterocycles. The van der Waals surface area contributed by atoms with Gasteiger partial charge in [0, 0.05) is 18.8 Å². The number of thiocarbonyl (C=S) groups is 1. The van der Waals surface area contributed by atoms with Crippen LogP contribution in [-0.2, 0) is 0 Å². The first kappa shape index (κ1) is 21.4. The Balaban J connectivity index is 1.64. The lowest BCUT2D eigenvalue weighted by Gasteiger charge is -2.32. The number of aryl methyl sites for hydroxylation is 1. The number of benzene rings is 2. The molecular weight excluding hydrogens is 406 g/mol. The molecule has 2 aromatic carbocycles. The lowest BCUT2D eigenvalue weighted by atomic mass is 9.99. The number of hydrogen-bond donors (Lipinski definition) is 2. The molecule has 0 saturated carbocycles. The van der Waals surface area contributed by atoms with Crippen LogP contribution < -0.4 is 20.3 Å². The summed E-state index contributed by atoms with van der Waals surface area (Å²) in [7, 11) is 1.54. The molecule has 0 aliphatic carbocycles. The smallest absolute Gasteiger partial charge is 0.261 e. The summed E-state index contributed by atoms with van der Waals surface area (Å²) in [4.78, 5) is 14.9. The number of piperidine rings is 1.